The maximum Gasteiger partial charge on any atom is 0.573 e. The minimum absolute atomic E-state index is 0.0337. The van der Waals surface area contributed by atoms with Crippen LogP contribution in [-0.2, 0) is 4.74 Å². The molecule has 0 bridgehead atoms. The molecule has 11 heteroatoms. The van der Waals surface area contributed by atoms with Gasteiger partial charge in [-0.05, 0) is 35.0 Å². The number of nitrogens with zero attached hydrogens (tertiary/aromatic N) is 2. The smallest absolute Gasteiger partial charge is 0.461 e. The molecule has 2 aromatic rings. The number of aromatic amines is 1. The van der Waals surface area contributed by atoms with E-state index in [1.807, 2.05) is 0 Å². The zero-order valence-electron chi connectivity index (χ0n) is 11.4. The van der Waals surface area contributed by atoms with E-state index >= 15 is 0 Å². The molecule has 0 saturated heterocycles. The summed E-state index contributed by atoms with van der Waals surface area (Å²) in [5.41, 5.74) is -1.08. The van der Waals surface area contributed by atoms with E-state index in [2.05, 4.69) is 36.1 Å². The van der Waals surface area contributed by atoms with Crippen molar-refractivity contribution in [1.82, 2.24) is 15.4 Å². The van der Waals surface area contributed by atoms with Gasteiger partial charge in [-0.15, -0.1) is 18.3 Å². The van der Waals surface area contributed by atoms with Gasteiger partial charge in [0.2, 0.25) is 0 Å². The Morgan fingerprint density at radius 2 is 2.04 bits per heavy atom. The number of carbonyl (C=O) groups is 1. The van der Waals surface area contributed by atoms with Gasteiger partial charge in [-0.3, -0.25) is 0 Å². The number of aromatic nitrogens is 3. The van der Waals surface area contributed by atoms with Crippen molar-refractivity contribution in [3.8, 4) is 17.0 Å². The van der Waals surface area contributed by atoms with Crippen LogP contribution in [0.2, 0.25) is 0 Å². The highest BCUT2D eigenvalue weighted by molar-refractivity contribution is 9.10. The van der Waals surface area contributed by atoms with Crippen molar-refractivity contribution in [2.75, 3.05) is 6.61 Å². The Hall–Kier alpha value is -2.17. The monoisotopic (exact) mass is 397 g/mol. The second-order valence-corrected chi connectivity index (χ2v) is 4.88. The lowest BCUT2D eigenvalue weighted by Gasteiger charge is -2.12. The van der Waals surface area contributed by atoms with Crippen LogP contribution < -0.4 is 4.74 Å². The number of ether oxygens (including phenoxy) is 2. The Labute approximate surface area is 134 Å². The molecule has 1 aromatic carbocycles. The molecule has 0 aliphatic heterocycles. The average molecular weight is 398 g/mol. The molecule has 0 radical (unpaired) electrons. The average Bonchev–Trinajstić information content (AvgIpc) is 2.90. The summed E-state index contributed by atoms with van der Waals surface area (Å²) >= 11 is 2.99. The Balaban J connectivity index is 2.54. The fourth-order valence-electron chi connectivity index (χ4n) is 1.70. The summed E-state index contributed by atoms with van der Waals surface area (Å²) in [6.45, 7) is 1.58. The van der Waals surface area contributed by atoms with Gasteiger partial charge in [0.25, 0.3) is 0 Å². The number of benzene rings is 1. The van der Waals surface area contributed by atoms with Crippen molar-refractivity contribution in [2.45, 2.75) is 13.3 Å². The normalized spacial score (nSPS) is 11.4. The van der Waals surface area contributed by atoms with Crippen LogP contribution in [0.1, 0.15) is 17.4 Å². The summed E-state index contributed by atoms with van der Waals surface area (Å²) in [5.74, 6) is -3.31. The van der Waals surface area contributed by atoms with E-state index in [9.17, 15) is 22.4 Å². The summed E-state index contributed by atoms with van der Waals surface area (Å²) < 4.78 is 59.6. The van der Waals surface area contributed by atoms with Gasteiger partial charge in [0, 0.05) is 4.47 Å². The van der Waals surface area contributed by atoms with Gasteiger partial charge in [0.05, 0.1) is 12.2 Å². The summed E-state index contributed by atoms with van der Waals surface area (Å²) in [7, 11) is 0. The molecule has 0 unspecified atom stereocenters. The molecule has 0 saturated carbocycles. The van der Waals surface area contributed by atoms with Crippen LogP contribution in [0.4, 0.5) is 17.6 Å². The number of carbonyl (C=O) groups excluding carboxylic acids is 1. The van der Waals surface area contributed by atoms with E-state index in [0.29, 0.717) is 0 Å². The first kappa shape index (κ1) is 17.2. The van der Waals surface area contributed by atoms with Crippen molar-refractivity contribution in [2.24, 2.45) is 0 Å². The zero-order valence-corrected chi connectivity index (χ0v) is 13.0. The molecule has 124 valence electrons. The van der Waals surface area contributed by atoms with Gasteiger partial charge < -0.3 is 9.47 Å². The van der Waals surface area contributed by atoms with E-state index in [0.717, 1.165) is 12.1 Å². The summed E-state index contributed by atoms with van der Waals surface area (Å²) in [6, 6.07) is 1.92. The molecular weight excluding hydrogens is 390 g/mol. The van der Waals surface area contributed by atoms with Gasteiger partial charge in [-0.1, -0.05) is 0 Å². The highest BCUT2D eigenvalue weighted by Crippen LogP contribution is 2.37. The Morgan fingerprint density at radius 1 is 1.35 bits per heavy atom. The molecule has 0 atom stereocenters. The van der Waals surface area contributed by atoms with Crippen LogP contribution in [0, 0.1) is 5.82 Å². The number of halogens is 5. The summed E-state index contributed by atoms with van der Waals surface area (Å²) in [4.78, 5) is 11.7. The third-order valence-electron chi connectivity index (χ3n) is 2.53. The van der Waals surface area contributed by atoms with E-state index in [1.165, 1.54) is 0 Å². The van der Waals surface area contributed by atoms with Gasteiger partial charge >= 0.3 is 12.3 Å². The molecule has 0 fully saturated rings. The number of rotatable bonds is 4. The van der Waals surface area contributed by atoms with Gasteiger partial charge in [-0.2, -0.15) is 10.3 Å². The molecule has 2 rings (SSSR count). The van der Waals surface area contributed by atoms with Crippen molar-refractivity contribution >= 4 is 21.9 Å². The maximum absolute atomic E-state index is 14.4. The van der Waals surface area contributed by atoms with E-state index in [-0.39, 0.29) is 22.5 Å². The highest BCUT2D eigenvalue weighted by Gasteiger charge is 2.34. The first-order chi connectivity index (χ1) is 10.7. The van der Waals surface area contributed by atoms with Crippen molar-refractivity contribution in [3.05, 3.63) is 28.1 Å². The van der Waals surface area contributed by atoms with Crippen molar-refractivity contribution in [3.63, 3.8) is 0 Å². The lowest BCUT2D eigenvalue weighted by Crippen LogP contribution is -2.18. The van der Waals surface area contributed by atoms with E-state index in [1.54, 1.807) is 6.92 Å². The number of hydrogen-bond acceptors (Lipinski definition) is 5. The second-order valence-electron chi connectivity index (χ2n) is 4.02. The zero-order chi connectivity index (χ0) is 17.2. The molecule has 6 nitrogen and oxygen atoms in total. The predicted molar refractivity (Wildman–Crippen MR) is 72.1 cm³/mol. The van der Waals surface area contributed by atoms with Crippen molar-refractivity contribution < 1.29 is 31.8 Å². The summed E-state index contributed by atoms with van der Waals surface area (Å²) in [6.07, 6.45) is -5.07. The van der Waals surface area contributed by atoms with Crippen LogP contribution in [-0.4, -0.2) is 34.3 Å². The maximum atomic E-state index is 14.4. The Kier molecular flexibility index (Phi) is 4.88. The molecule has 1 heterocycles. The third-order valence-corrected chi connectivity index (χ3v) is 3.20. The van der Waals surface area contributed by atoms with Crippen LogP contribution in [0.3, 0.4) is 0 Å². The minimum Gasteiger partial charge on any atom is -0.461 e. The highest BCUT2D eigenvalue weighted by atomic mass is 79.9. The van der Waals surface area contributed by atoms with Gasteiger partial charge in [-0.25, -0.2) is 9.18 Å². The van der Waals surface area contributed by atoms with E-state index < -0.39 is 29.5 Å². The number of hydrogen-bond donors (Lipinski definition) is 1. The van der Waals surface area contributed by atoms with E-state index in [4.69, 9.17) is 4.74 Å². The van der Waals surface area contributed by atoms with Gasteiger partial charge in [0.1, 0.15) is 5.69 Å². The SMILES string of the molecule is CCOC(=O)c1n[nH]nc1-c1c(Br)ccc(OC(F)(F)F)c1F. The third kappa shape index (κ3) is 3.78. The number of H-pyrrole nitrogens is 1. The Morgan fingerprint density at radius 3 is 2.65 bits per heavy atom. The predicted octanol–water partition coefficient (Wildman–Crippen LogP) is 3.45. The van der Waals surface area contributed by atoms with Crippen LogP contribution in [0.5, 0.6) is 5.75 Å². The molecule has 1 N–H and O–H groups in total. The fourth-order valence-corrected chi connectivity index (χ4v) is 2.19. The summed E-state index contributed by atoms with van der Waals surface area (Å²) in [5, 5.41) is 9.25. The molecule has 0 spiro atoms. The molecule has 0 amide bonds. The quantitative estimate of drug-likeness (QED) is 0.631. The number of alkyl halides is 3. The molecule has 0 aliphatic carbocycles. The largest absolute Gasteiger partial charge is 0.573 e. The Bertz CT molecular complexity index is 733. The molecule has 0 aliphatic rings. The minimum atomic E-state index is -5.07. The first-order valence-electron chi connectivity index (χ1n) is 6.06. The number of nitrogens with one attached hydrogen (secondary N) is 1. The standard InChI is InChI=1S/C12H8BrF4N3O3/c1-2-22-11(21)10-9(18-20-19-10)7-5(13)3-4-6(8(7)14)23-12(15,16)17/h3-4H,2H2,1H3,(H,18,19,20). The van der Waals surface area contributed by atoms with Crippen molar-refractivity contribution in [1.29, 1.82) is 0 Å². The van der Waals surface area contributed by atoms with Crippen LogP contribution in [0.15, 0.2) is 16.6 Å². The fraction of sp³-hybridized carbons (Fsp3) is 0.250. The lowest BCUT2D eigenvalue weighted by atomic mass is 10.1. The van der Waals surface area contributed by atoms with Crippen LogP contribution >= 0.6 is 15.9 Å². The molecule has 23 heavy (non-hydrogen) atoms. The first-order valence-corrected chi connectivity index (χ1v) is 6.86. The number of esters is 1. The van der Waals surface area contributed by atoms with Gasteiger partial charge in [0.15, 0.2) is 17.3 Å². The molecule has 1 aromatic heterocycles. The second kappa shape index (κ2) is 6.52. The van der Waals surface area contributed by atoms with Crippen LogP contribution in [0.25, 0.3) is 11.3 Å². The lowest BCUT2D eigenvalue weighted by molar-refractivity contribution is -0.275. The topological polar surface area (TPSA) is 77.1 Å². The molecular formula is C12H8BrF4N3O3.